The zero-order chi connectivity index (χ0) is 22.3. The van der Waals surface area contributed by atoms with E-state index in [0.29, 0.717) is 18.1 Å². The molecule has 7 nitrogen and oxygen atoms in total. The number of nitrogens with zero attached hydrogens (tertiary/aromatic N) is 4. The Bertz CT molecular complexity index is 1170. The number of aryl methyl sites for hydroxylation is 1. The maximum absolute atomic E-state index is 12.4. The molecule has 2 aromatic heterocycles. The first kappa shape index (κ1) is 21.7. The molecule has 4 aromatic rings. The first-order chi connectivity index (χ1) is 15.6. The van der Waals surface area contributed by atoms with Crippen LogP contribution < -0.4 is 10.1 Å². The second kappa shape index (κ2) is 10.2. The van der Waals surface area contributed by atoms with Crippen molar-refractivity contribution in [2.24, 2.45) is 7.05 Å². The van der Waals surface area contributed by atoms with Crippen molar-refractivity contribution in [3.8, 4) is 11.4 Å². The van der Waals surface area contributed by atoms with Crippen LogP contribution in [0.3, 0.4) is 0 Å². The Morgan fingerprint density at radius 2 is 1.81 bits per heavy atom. The minimum absolute atomic E-state index is 0.0490. The predicted octanol–water partition coefficient (Wildman–Crippen LogP) is 3.61. The number of hydrogen-bond donors (Lipinski definition) is 1. The molecule has 0 spiro atoms. The Balaban J connectivity index is 1.51. The lowest BCUT2D eigenvalue weighted by molar-refractivity contribution is -0.118. The van der Waals surface area contributed by atoms with Gasteiger partial charge in [0, 0.05) is 37.6 Å². The molecule has 0 saturated heterocycles. The van der Waals surface area contributed by atoms with E-state index >= 15 is 0 Å². The Labute approximate surface area is 191 Å². The normalized spacial score (nSPS) is 10.8. The Morgan fingerprint density at radius 3 is 2.50 bits per heavy atom. The number of hydrogen-bond acceptors (Lipinski definition) is 5. The molecule has 0 aliphatic heterocycles. The van der Waals surface area contributed by atoms with Crippen LogP contribution in [0.4, 0.5) is 0 Å². The molecular weight excluding hydrogens is 422 g/mol. The molecule has 4 rings (SSSR count). The quantitative estimate of drug-likeness (QED) is 0.397. The molecule has 2 aromatic carbocycles. The van der Waals surface area contributed by atoms with E-state index in [2.05, 4.69) is 26.1 Å². The number of carbonyl (C=O) groups excluding carboxylic acids is 1. The average Bonchev–Trinajstić information content (AvgIpc) is 3.43. The fourth-order valence-corrected chi connectivity index (χ4v) is 4.12. The van der Waals surface area contributed by atoms with Gasteiger partial charge in [-0.15, -0.1) is 10.2 Å². The molecule has 0 radical (unpaired) electrons. The van der Waals surface area contributed by atoms with Gasteiger partial charge in [0.1, 0.15) is 11.6 Å². The molecule has 0 atom stereocenters. The summed E-state index contributed by atoms with van der Waals surface area (Å²) in [6, 6.07) is 21.7. The number of thioether (sulfide) groups is 1. The summed E-state index contributed by atoms with van der Waals surface area (Å²) in [6.45, 7) is 0.504. The maximum atomic E-state index is 12.4. The van der Waals surface area contributed by atoms with Gasteiger partial charge in [-0.05, 0) is 42.0 Å². The lowest BCUT2D eigenvalue weighted by Crippen LogP contribution is -2.24. The number of rotatable bonds is 9. The van der Waals surface area contributed by atoms with Crippen LogP contribution in [0.2, 0.25) is 0 Å². The Kier molecular flexibility index (Phi) is 6.91. The van der Waals surface area contributed by atoms with Gasteiger partial charge >= 0.3 is 0 Å². The van der Waals surface area contributed by atoms with E-state index in [0.717, 1.165) is 28.5 Å². The fourth-order valence-electron chi connectivity index (χ4n) is 3.32. The number of methoxy groups -OCH3 is 1. The highest BCUT2D eigenvalue weighted by Crippen LogP contribution is 2.25. The molecule has 164 valence electrons. The summed E-state index contributed by atoms with van der Waals surface area (Å²) < 4.78 is 9.36. The summed E-state index contributed by atoms with van der Waals surface area (Å²) in [5.74, 6) is 1.79. The highest BCUT2D eigenvalue weighted by molar-refractivity contribution is 7.99. The van der Waals surface area contributed by atoms with Crippen LogP contribution in [-0.2, 0) is 24.8 Å². The molecule has 0 aliphatic carbocycles. The summed E-state index contributed by atoms with van der Waals surface area (Å²) in [6.07, 6.45) is 2.64. The number of carbonyl (C=O) groups is 1. The van der Waals surface area contributed by atoms with E-state index in [9.17, 15) is 4.79 Å². The van der Waals surface area contributed by atoms with Gasteiger partial charge in [0.15, 0.2) is 5.16 Å². The third kappa shape index (κ3) is 5.20. The van der Waals surface area contributed by atoms with Crippen LogP contribution in [0.25, 0.3) is 5.69 Å². The van der Waals surface area contributed by atoms with E-state index in [1.807, 2.05) is 78.5 Å². The highest BCUT2D eigenvalue weighted by atomic mass is 32.2. The third-order valence-corrected chi connectivity index (χ3v) is 6.02. The van der Waals surface area contributed by atoms with Crippen LogP contribution in [0.1, 0.15) is 17.1 Å². The minimum Gasteiger partial charge on any atom is -0.497 e. The smallest absolute Gasteiger partial charge is 0.230 e. The summed E-state index contributed by atoms with van der Waals surface area (Å²) in [7, 11) is 3.65. The van der Waals surface area contributed by atoms with Gasteiger partial charge in [0.05, 0.1) is 12.9 Å². The van der Waals surface area contributed by atoms with Crippen LogP contribution >= 0.6 is 11.8 Å². The lowest BCUT2D eigenvalue weighted by Gasteiger charge is -2.11. The molecule has 32 heavy (non-hydrogen) atoms. The van der Waals surface area contributed by atoms with Crippen LogP contribution in [-0.4, -0.2) is 38.1 Å². The fraction of sp³-hybridized carbons (Fsp3) is 0.208. The van der Waals surface area contributed by atoms with Crippen LogP contribution in [0.5, 0.6) is 5.75 Å². The van der Waals surface area contributed by atoms with Crippen molar-refractivity contribution in [3.63, 3.8) is 0 Å². The molecule has 0 fully saturated rings. The number of aromatic nitrogens is 4. The molecular formula is C24H25N5O2S. The minimum atomic E-state index is -0.0490. The van der Waals surface area contributed by atoms with Crippen molar-refractivity contribution in [1.29, 1.82) is 0 Å². The summed E-state index contributed by atoms with van der Waals surface area (Å²) in [4.78, 5) is 12.4. The zero-order valence-corrected chi connectivity index (χ0v) is 18.9. The first-order valence-corrected chi connectivity index (χ1v) is 11.2. The average molecular weight is 448 g/mol. The summed E-state index contributed by atoms with van der Waals surface area (Å²) in [5, 5.41) is 12.5. The summed E-state index contributed by atoms with van der Waals surface area (Å²) in [5.41, 5.74) is 3.12. The van der Waals surface area contributed by atoms with E-state index < -0.39 is 0 Å². The van der Waals surface area contributed by atoms with E-state index in [1.165, 1.54) is 11.8 Å². The van der Waals surface area contributed by atoms with Crippen molar-refractivity contribution in [1.82, 2.24) is 24.6 Å². The topological polar surface area (TPSA) is 74.0 Å². The molecule has 0 unspecified atom stereocenters. The van der Waals surface area contributed by atoms with Crippen LogP contribution in [0.15, 0.2) is 78.1 Å². The molecule has 1 amide bonds. The molecule has 0 bridgehead atoms. The molecule has 2 heterocycles. The van der Waals surface area contributed by atoms with Gasteiger partial charge in [-0.3, -0.25) is 9.36 Å². The predicted molar refractivity (Wildman–Crippen MR) is 125 cm³/mol. The zero-order valence-electron chi connectivity index (χ0n) is 18.1. The largest absolute Gasteiger partial charge is 0.497 e. The number of nitrogens with one attached hydrogen (secondary N) is 1. The van der Waals surface area contributed by atoms with Crippen molar-refractivity contribution in [3.05, 3.63) is 90.0 Å². The number of ether oxygens (including phenoxy) is 1. The molecule has 0 aliphatic rings. The molecule has 0 saturated carbocycles. The van der Waals surface area contributed by atoms with E-state index in [1.54, 1.807) is 7.11 Å². The van der Waals surface area contributed by atoms with E-state index in [4.69, 9.17) is 4.74 Å². The van der Waals surface area contributed by atoms with Gasteiger partial charge in [0.2, 0.25) is 5.91 Å². The molecule has 8 heteroatoms. The summed E-state index contributed by atoms with van der Waals surface area (Å²) >= 11 is 1.37. The van der Waals surface area contributed by atoms with E-state index in [-0.39, 0.29) is 11.7 Å². The SMILES string of the molecule is COc1ccc(-n2c(Cc3cccn3C)nnc2SCC(=O)NCc2ccccc2)cc1. The molecule has 1 N–H and O–H groups in total. The van der Waals surface area contributed by atoms with Crippen molar-refractivity contribution in [2.45, 2.75) is 18.1 Å². The van der Waals surface area contributed by atoms with Crippen molar-refractivity contribution < 1.29 is 9.53 Å². The van der Waals surface area contributed by atoms with Crippen molar-refractivity contribution >= 4 is 17.7 Å². The lowest BCUT2D eigenvalue weighted by atomic mass is 10.2. The van der Waals surface area contributed by atoms with Gasteiger partial charge in [-0.1, -0.05) is 42.1 Å². The maximum Gasteiger partial charge on any atom is 0.230 e. The third-order valence-electron chi connectivity index (χ3n) is 5.09. The van der Waals surface area contributed by atoms with Gasteiger partial charge in [0.25, 0.3) is 0 Å². The first-order valence-electron chi connectivity index (χ1n) is 10.3. The van der Waals surface area contributed by atoms with Crippen LogP contribution in [0, 0.1) is 0 Å². The highest BCUT2D eigenvalue weighted by Gasteiger charge is 2.17. The standard InChI is InChI=1S/C24H25N5O2S/c1-28-14-6-9-20(28)15-22-26-27-24(29(22)19-10-12-21(31-2)13-11-19)32-17-23(30)25-16-18-7-4-3-5-8-18/h3-14H,15-17H2,1-2H3,(H,25,30). The second-order valence-electron chi connectivity index (χ2n) is 7.27. The van der Waals surface area contributed by atoms with Gasteiger partial charge in [-0.25, -0.2) is 0 Å². The monoisotopic (exact) mass is 447 g/mol. The Morgan fingerprint density at radius 1 is 1.03 bits per heavy atom. The second-order valence-corrected chi connectivity index (χ2v) is 8.21. The van der Waals surface area contributed by atoms with Crippen molar-refractivity contribution in [2.75, 3.05) is 12.9 Å². The number of benzene rings is 2. The Hall–Kier alpha value is -3.52. The van der Waals surface area contributed by atoms with Gasteiger partial charge < -0.3 is 14.6 Å². The number of amides is 1. The van der Waals surface area contributed by atoms with Gasteiger partial charge in [-0.2, -0.15) is 0 Å².